The summed E-state index contributed by atoms with van der Waals surface area (Å²) in [4.78, 5) is 41.2. The molecule has 1 heterocycles. The minimum absolute atomic E-state index is 0.148. The van der Waals surface area contributed by atoms with E-state index in [1.165, 1.54) is 47.4 Å². The second kappa shape index (κ2) is 13.1. The molecule has 1 aliphatic heterocycles. The number of anilines is 3. The van der Waals surface area contributed by atoms with Gasteiger partial charge in [-0.25, -0.2) is 8.78 Å². The number of rotatable bonds is 9. The number of carbonyl (C=O) groups is 3. The van der Waals surface area contributed by atoms with Gasteiger partial charge in [0.2, 0.25) is 17.7 Å². The van der Waals surface area contributed by atoms with Crippen molar-refractivity contribution >= 4 is 34.8 Å². The van der Waals surface area contributed by atoms with Gasteiger partial charge in [-0.1, -0.05) is 42.5 Å². The molecule has 0 saturated heterocycles. The predicted octanol–water partition coefficient (Wildman–Crippen LogP) is 5.61. The highest BCUT2D eigenvalue weighted by Gasteiger charge is 2.40. The second-order valence-corrected chi connectivity index (χ2v) is 10.4. The number of alkyl halides is 5. The number of nitrogens with one attached hydrogen (secondary N) is 2. The zero-order valence-corrected chi connectivity index (χ0v) is 23.4. The molecule has 4 N–H and O–H groups in total. The molecule has 0 saturated carbocycles. The molecule has 0 unspecified atom stereocenters. The summed E-state index contributed by atoms with van der Waals surface area (Å²) in [5, 5.41) is 14.4. The summed E-state index contributed by atoms with van der Waals surface area (Å²) in [6, 6.07) is 16.8. The number of primary amides is 1. The van der Waals surface area contributed by atoms with Gasteiger partial charge in [-0.15, -0.1) is 0 Å². The summed E-state index contributed by atoms with van der Waals surface area (Å²) in [5.41, 5.74) is 6.47. The fourth-order valence-electron chi connectivity index (χ4n) is 5.32. The number of amides is 3. The molecule has 8 nitrogen and oxygen atoms in total. The lowest BCUT2D eigenvalue weighted by atomic mass is 9.81. The average Bonchev–Trinajstić information content (AvgIpc) is 3.10. The van der Waals surface area contributed by atoms with Gasteiger partial charge in [0.15, 0.2) is 0 Å². The fourth-order valence-corrected chi connectivity index (χ4v) is 5.32. The number of hydrogen-bond donors (Lipinski definition) is 3. The van der Waals surface area contributed by atoms with E-state index in [1.807, 2.05) is 6.07 Å². The Labute approximate surface area is 249 Å². The number of nitrogens with zero attached hydrogens (tertiary/aromatic N) is 2. The first-order valence-corrected chi connectivity index (χ1v) is 13.5. The van der Waals surface area contributed by atoms with Crippen LogP contribution in [0.25, 0.3) is 0 Å². The Morgan fingerprint density at radius 1 is 1.11 bits per heavy atom. The van der Waals surface area contributed by atoms with Crippen LogP contribution in [0.3, 0.4) is 0 Å². The van der Waals surface area contributed by atoms with Gasteiger partial charge in [0.05, 0.1) is 41.4 Å². The van der Waals surface area contributed by atoms with Crippen LogP contribution in [-0.4, -0.2) is 36.5 Å². The molecule has 44 heavy (non-hydrogen) atoms. The Balaban J connectivity index is 1.77. The van der Waals surface area contributed by atoms with Crippen molar-refractivity contribution in [3.63, 3.8) is 0 Å². The Hall–Kier alpha value is -4.99. The van der Waals surface area contributed by atoms with E-state index >= 15 is 0 Å². The number of fused-ring (bicyclic) bond motifs is 1. The highest BCUT2D eigenvalue weighted by molar-refractivity contribution is 6.04. The van der Waals surface area contributed by atoms with Crippen molar-refractivity contribution in [2.24, 2.45) is 11.7 Å². The standard InChI is InChI=1S/C31H28F5N5O3/c1-17-12-18(15-37)14-20(13-17)41-16-23(30(44)40-26-22(27(32)33)8-5-9-24(26)41)39-29(43)21(10-11-31(34,35)36)25(28(38)42)19-6-3-2-4-7-19/h2-9,12-14,21,23,25,27H,10-11,16H2,1H3,(H2,38,42)(H,39,43)(H,40,44)/t21-,23+,25+/m1/s1. The average molecular weight is 614 g/mol. The van der Waals surface area contributed by atoms with Crippen LogP contribution in [0.15, 0.2) is 66.7 Å². The monoisotopic (exact) mass is 613 g/mol. The summed E-state index contributed by atoms with van der Waals surface area (Å²) in [6.07, 6.45) is -9.87. The van der Waals surface area contributed by atoms with Gasteiger partial charge in [0.25, 0.3) is 6.43 Å². The maximum Gasteiger partial charge on any atom is 0.389 e. The molecule has 0 aliphatic carbocycles. The first-order chi connectivity index (χ1) is 20.8. The largest absolute Gasteiger partial charge is 0.389 e. The first-order valence-electron chi connectivity index (χ1n) is 13.5. The molecule has 0 fully saturated rings. The van der Waals surface area contributed by atoms with Crippen molar-refractivity contribution in [3.8, 4) is 6.07 Å². The van der Waals surface area contributed by atoms with E-state index in [4.69, 9.17) is 5.73 Å². The predicted molar refractivity (Wildman–Crippen MR) is 152 cm³/mol. The van der Waals surface area contributed by atoms with Crippen LogP contribution in [0, 0.1) is 24.2 Å². The molecule has 1 aliphatic rings. The van der Waals surface area contributed by atoms with Gasteiger partial charge in [-0.05, 0) is 48.7 Å². The Kier molecular flexibility index (Phi) is 9.52. The maximum atomic E-state index is 14.0. The lowest BCUT2D eigenvalue weighted by molar-refractivity contribution is -0.144. The van der Waals surface area contributed by atoms with E-state index in [0.717, 1.165) is 6.07 Å². The minimum Gasteiger partial charge on any atom is -0.369 e. The van der Waals surface area contributed by atoms with Crippen molar-refractivity contribution in [1.82, 2.24) is 5.32 Å². The lowest BCUT2D eigenvalue weighted by Gasteiger charge is -2.30. The number of aryl methyl sites for hydroxylation is 1. The topological polar surface area (TPSA) is 128 Å². The first kappa shape index (κ1) is 31.9. The van der Waals surface area contributed by atoms with Crippen LogP contribution in [-0.2, 0) is 14.4 Å². The summed E-state index contributed by atoms with van der Waals surface area (Å²) >= 11 is 0. The third-order valence-electron chi connectivity index (χ3n) is 7.29. The van der Waals surface area contributed by atoms with Crippen molar-refractivity contribution in [2.45, 2.75) is 44.3 Å². The maximum absolute atomic E-state index is 14.0. The zero-order valence-electron chi connectivity index (χ0n) is 23.4. The molecule has 0 spiro atoms. The smallest absolute Gasteiger partial charge is 0.369 e. The molecule has 3 amide bonds. The van der Waals surface area contributed by atoms with Gasteiger partial charge in [-0.3, -0.25) is 14.4 Å². The van der Waals surface area contributed by atoms with Crippen molar-refractivity contribution in [2.75, 3.05) is 16.8 Å². The number of hydrogen-bond acceptors (Lipinski definition) is 5. The number of nitriles is 1. The molecular formula is C31H28F5N5O3. The van der Waals surface area contributed by atoms with Crippen LogP contribution >= 0.6 is 0 Å². The van der Waals surface area contributed by atoms with Crippen LogP contribution in [0.1, 0.15) is 47.4 Å². The summed E-state index contributed by atoms with van der Waals surface area (Å²) in [7, 11) is 0. The van der Waals surface area contributed by atoms with Crippen LogP contribution in [0.2, 0.25) is 0 Å². The summed E-state index contributed by atoms with van der Waals surface area (Å²) < 4.78 is 68.0. The zero-order chi connectivity index (χ0) is 32.2. The van der Waals surface area contributed by atoms with Gasteiger partial charge in [0, 0.05) is 17.7 Å². The second-order valence-electron chi connectivity index (χ2n) is 10.4. The molecular weight excluding hydrogens is 585 g/mol. The normalized spacial score (nSPS) is 16.3. The van der Waals surface area contributed by atoms with Crippen LogP contribution in [0.5, 0.6) is 0 Å². The lowest BCUT2D eigenvalue weighted by Crippen LogP contribution is -2.51. The molecule has 13 heteroatoms. The van der Waals surface area contributed by atoms with Gasteiger partial charge in [-0.2, -0.15) is 18.4 Å². The number of nitrogens with two attached hydrogens (primary N) is 1. The highest BCUT2D eigenvalue weighted by Crippen LogP contribution is 2.41. The van der Waals surface area contributed by atoms with Gasteiger partial charge >= 0.3 is 6.18 Å². The number of carbonyl (C=O) groups excluding carboxylic acids is 3. The number of halogens is 5. The van der Waals surface area contributed by atoms with Crippen LogP contribution in [0.4, 0.5) is 39.0 Å². The van der Waals surface area contributed by atoms with E-state index in [1.54, 1.807) is 25.1 Å². The van der Waals surface area contributed by atoms with Crippen molar-refractivity contribution in [1.29, 1.82) is 5.26 Å². The summed E-state index contributed by atoms with van der Waals surface area (Å²) in [5.74, 6) is -6.08. The quantitative estimate of drug-likeness (QED) is 0.271. The number of benzene rings is 3. The van der Waals surface area contributed by atoms with Crippen LogP contribution < -0.4 is 21.3 Å². The van der Waals surface area contributed by atoms with E-state index in [2.05, 4.69) is 10.6 Å². The minimum atomic E-state index is -4.66. The molecule has 3 aromatic rings. The Morgan fingerprint density at radius 2 is 1.82 bits per heavy atom. The molecule has 0 aromatic heterocycles. The van der Waals surface area contributed by atoms with E-state index in [0.29, 0.717) is 11.3 Å². The third-order valence-corrected chi connectivity index (χ3v) is 7.29. The fraction of sp³-hybridized carbons (Fsp3) is 0.290. The SMILES string of the molecule is Cc1cc(C#N)cc(N2C[C@H](NC(=O)[C@H](CCC(F)(F)F)[C@@H](C(N)=O)c3ccccc3)C(=O)Nc3c(C(F)F)cccc32)c1. The molecule has 3 atom stereocenters. The highest BCUT2D eigenvalue weighted by atomic mass is 19.4. The van der Waals surface area contributed by atoms with Gasteiger partial charge < -0.3 is 21.3 Å². The van der Waals surface area contributed by atoms with Crippen molar-refractivity contribution in [3.05, 3.63) is 89.0 Å². The molecule has 0 bridgehead atoms. The van der Waals surface area contributed by atoms with E-state index in [9.17, 15) is 41.6 Å². The van der Waals surface area contributed by atoms with E-state index < -0.39 is 66.6 Å². The Morgan fingerprint density at radius 3 is 2.43 bits per heavy atom. The molecule has 4 rings (SSSR count). The molecule has 0 radical (unpaired) electrons. The third kappa shape index (κ3) is 7.31. The molecule has 230 valence electrons. The summed E-state index contributed by atoms with van der Waals surface area (Å²) in [6.45, 7) is 1.37. The Bertz CT molecular complexity index is 1590. The van der Waals surface area contributed by atoms with E-state index in [-0.39, 0.29) is 29.0 Å². The van der Waals surface area contributed by atoms with Crippen molar-refractivity contribution < 1.29 is 36.3 Å². The molecule has 3 aromatic carbocycles. The van der Waals surface area contributed by atoms with Gasteiger partial charge in [0.1, 0.15) is 6.04 Å². The number of para-hydroxylation sites is 1.